The maximum absolute atomic E-state index is 12.1. The lowest BCUT2D eigenvalue weighted by molar-refractivity contribution is -0.306. The SMILES string of the molecule is COc1csc(C2=CCC(OC(F)(F)F)=C(O)S2)n1. The molecule has 0 unspecified atom stereocenters. The molecule has 0 saturated carbocycles. The van der Waals surface area contributed by atoms with Crippen molar-refractivity contribution < 1.29 is 27.8 Å². The Morgan fingerprint density at radius 1 is 1.42 bits per heavy atom. The number of thioether (sulfide) groups is 1. The number of nitrogens with zero attached hydrogens (tertiary/aromatic N) is 1. The summed E-state index contributed by atoms with van der Waals surface area (Å²) >= 11 is 2.05. The highest BCUT2D eigenvalue weighted by Crippen LogP contribution is 2.42. The molecule has 0 bridgehead atoms. The predicted octanol–water partition coefficient (Wildman–Crippen LogP) is 3.89. The summed E-state index contributed by atoms with van der Waals surface area (Å²) in [4.78, 5) is 4.67. The standard InChI is InChI=1S/C10H8F3NO3S2/c1-16-7-4-18-8(14-7)6-3-2-5(9(15)19-6)17-10(11,12)13/h3-4,15H,2H2,1H3. The number of hydrogen-bond acceptors (Lipinski definition) is 6. The zero-order chi connectivity index (χ0) is 14.0. The first kappa shape index (κ1) is 14.1. The molecule has 0 radical (unpaired) electrons. The van der Waals surface area contributed by atoms with Gasteiger partial charge in [0, 0.05) is 11.3 Å². The van der Waals surface area contributed by atoms with E-state index >= 15 is 0 Å². The van der Waals surface area contributed by atoms with E-state index in [0.717, 1.165) is 11.8 Å². The number of ether oxygens (including phenoxy) is 2. The van der Waals surface area contributed by atoms with Crippen LogP contribution >= 0.6 is 23.1 Å². The number of alkyl halides is 3. The average Bonchev–Trinajstić information content (AvgIpc) is 2.79. The number of rotatable bonds is 3. The van der Waals surface area contributed by atoms with Crippen LogP contribution in [0, 0.1) is 0 Å². The molecule has 0 aliphatic carbocycles. The molecule has 0 spiro atoms. The highest BCUT2D eigenvalue weighted by Gasteiger charge is 2.34. The van der Waals surface area contributed by atoms with Crippen molar-refractivity contribution >= 4 is 28.0 Å². The normalized spacial score (nSPS) is 16.3. The summed E-state index contributed by atoms with van der Waals surface area (Å²) in [7, 11) is 1.47. The van der Waals surface area contributed by atoms with E-state index in [1.807, 2.05) is 0 Å². The van der Waals surface area contributed by atoms with E-state index in [2.05, 4.69) is 9.72 Å². The van der Waals surface area contributed by atoms with Gasteiger partial charge in [0.25, 0.3) is 0 Å². The second-order valence-electron chi connectivity index (χ2n) is 3.35. The Morgan fingerprint density at radius 2 is 2.16 bits per heavy atom. The summed E-state index contributed by atoms with van der Waals surface area (Å²) in [5.41, 5.74) is 0. The van der Waals surface area contributed by atoms with Gasteiger partial charge in [0.05, 0.1) is 12.5 Å². The van der Waals surface area contributed by atoms with Gasteiger partial charge in [-0.05, 0) is 11.8 Å². The predicted molar refractivity (Wildman–Crippen MR) is 65.6 cm³/mol. The quantitative estimate of drug-likeness (QED) is 0.917. The molecule has 0 saturated heterocycles. The van der Waals surface area contributed by atoms with Gasteiger partial charge in [-0.25, -0.2) is 4.98 Å². The number of aliphatic hydroxyl groups excluding tert-OH is 1. The van der Waals surface area contributed by atoms with E-state index in [4.69, 9.17) is 4.74 Å². The van der Waals surface area contributed by atoms with E-state index in [-0.39, 0.29) is 6.42 Å². The molecule has 4 nitrogen and oxygen atoms in total. The first-order valence-electron chi connectivity index (χ1n) is 4.95. The Morgan fingerprint density at radius 3 is 2.68 bits per heavy atom. The van der Waals surface area contributed by atoms with Gasteiger partial charge in [-0.3, -0.25) is 0 Å². The highest BCUT2D eigenvalue weighted by molar-refractivity contribution is 8.11. The summed E-state index contributed by atoms with van der Waals surface area (Å²) in [5.74, 6) is -0.0907. The number of methoxy groups -OCH3 is 1. The third-order valence-corrected chi connectivity index (χ3v) is 4.04. The van der Waals surface area contributed by atoms with Crippen LogP contribution in [-0.4, -0.2) is 23.6 Å². The molecule has 104 valence electrons. The molecular formula is C10H8F3NO3S2. The molecule has 1 N–H and O–H groups in total. The van der Waals surface area contributed by atoms with Crippen molar-refractivity contribution in [3.8, 4) is 5.88 Å². The van der Waals surface area contributed by atoms with Crippen LogP contribution < -0.4 is 4.74 Å². The number of halogens is 3. The van der Waals surface area contributed by atoms with E-state index in [1.54, 1.807) is 5.38 Å². The fraction of sp³-hybridized carbons (Fsp3) is 0.300. The first-order valence-corrected chi connectivity index (χ1v) is 6.64. The van der Waals surface area contributed by atoms with Gasteiger partial charge < -0.3 is 14.6 Å². The highest BCUT2D eigenvalue weighted by atomic mass is 32.2. The van der Waals surface area contributed by atoms with Crippen molar-refractivity contribution in [1.29, 1.82) is 0 Å². The number of aromatic nitrogens is 1. The second-order valence-corrected chi connectivity index (χ2v) is 5.23. The van der Waals surface area contributed by atoms with Crippen LogP contribution in [0.3, 0.4) is 0 Å². The third kappa shape index (κ3) is 3.57. The maximum atomic E-state index is 12.1. The third-order valence-electron chi connectivity index (χ3n) is 2.06. The van der Waals surface area contributed by atoms with Gasteiger partial charge in [0.1, 0.15) is 5.01 Å². The van der Waals surface area contributed by atoms with Crippen molar-refractivity contribution in [3.05, 3.63) is 27.3 Å². The second kappa shape index (κ2) is 5.33. The molecule has 19 heavy (non-hydrogen) atoms. The van der Waals surface area contributed by atoms with E-state index in [0.29, 0.717) is 15.8 Å². The van der Waals surface area contributed by atoms with Crippen LogP contribution in [0.4, 0.5) is 13.2 Å². The summed E-state index contributed by atoms with van der Waals surface area (Å²) in [5, 5.41) is 11.3. The average molecular weight is 311 g/mol. The van der Waals surface area contributed by atoms with Gasteiger partial charge in [-0.1, -0.05) is 6.08 Å². The monoisotopic (exact) mass is 311 g/mol. The summed E-state index contributed by atoms with van der Waals surface area (Å²) in [6.07, 6.45) is -3.43. The minimum absolute atomic E-state index is 0.143. The number of hydrogen-bond donors (Lipinski definition) is 1. The molecule has 9 heteroatoms. The summed E-state index contributed by atoms with van der Waals surface area (Å²) < 4.78 is 44.8. The Bertz CT molecular complexity index is 536. The van der Waals surface area contributed by atoms with Crippen LogP contribution in [0.5, 0.6) is 5.88 Å². The van der Waals surface area contributed by atoms with Crippen LogP contribution in [-0.2, 0) is 4.74 Å². The van der Waals surface area contributed by atoms with Gasteiger partial charge in [0.2, 0.25) is 5.88 Å². The maximum Gasteiger partial charge on any atom is 0.572 e. The van der Waals surface area contributed by atoms with Crippen molar-refractivity contribution in [2.45, 2.75) is 12.8 Å². The van der Waals surface area contributed by atoms with Gasteiger partial charge in [-0.2, -0.15) is 0 Å². The molecule has 2 heterocycles. The fourth-order valence-electron chi connectivity index (χ4n) is 1.30. The zero-order valence-electron chi connectivity index (χ0n) is 9.52. The molecule has 0 aromatic carbocycles. The fourth-order valence-corrected chi connectivity index (χ4v) is 3.02. The van der Waals surface area contributed by atoms with Crippen molar-refractivity contribution in [2.24, 2.45) is 0 Å². The number of aliphatic hydroxyl groups is 1. The van der Waals surface area contributed by atoms with Crippen LogP contribution in [0.1, 0.15) is 11.4 Å². The summed E-state index contributed by atoms with van der Waals surface area (Å²) in [6.45, 7) is 0. The lowest BCUT2D eigenvalue weighted by Crippen LogP contribution is -2.14. The molecule has 2 rings (SSSR count). The smallest absolute Gasteiger partial charge is 0.500 e. The molecule has 1 aliphatic heterocycles. The van der Waals surface area contributed by atoms with Crippen molar-refractivity contribution in [1.82, 2.24) is 4.98 Å². The molecule has 1 aromatic heterocycles. The largest absolute Gasteiger partial charge is 0.572 e. The van der Waals surface area contributed by atoms with E-state index in [9.17, 15) is 18.3 Å². The topological polar surface area (TPSA) is 51.6 Å². The van der Waals surface area contributed by atoms with E-state index in [1.165, 1.54) is 24.5 Å². The Labute approximate surface area is 114 Å². The molecule has 1 aliphatic rings. The number of thiazole rings is 1. The molecular weight excluding hydrogens is 303 g/mol. The van der Waals surface area contributed by atoms with Crippen molar-refractivity contribution in [3.63, 3.8) is 0 Å². The first-order chi connectivity index (χ1) is 8.89. The minimum atomic E-state index is -4.81. The Hall–Kier alpha value is -1.35. The zero-order valence-corrected chi connectivity index (χ0v) is 11.2. The Balaban J connectivity index is 2.10. The van der Waals surface area contributed by atoms with Crippen LogP contribution in [0.2, 0.25) is 0 Å². The van der Waals surface area contributed by atoms with Gasteiger partial charge in [0.15, 0.2) is 10.9 Å². The summed E-state index contributed by atoms with van der Waals surface area (Å²) in [6, 6.07) is 0. The lowest BCUT2D eigenvalue weighted by atomic mass is 10.3. The molecule has 0 atom stereocenters. The minimum Gasteiger partial charge on any atom is -0.500 e. The number of allylic oxidation sites excluding steroid dienone is 1. The van der Waals surface area contributed by atoms with Crippen LogP contribution in [0.25, 0.3) is 4.91 Å². The van der Waals surface area contributed by atoms with Gasteiger partial charge >= 0.3 is 6.36 Å². The molecule has 0 fully saturated rings. The Kier molecular flexibility index (Phi) is 3.95. The van der Waals surface area contributed by atoms with Crippen LogP contribution in [0.15, 0.2) is 22.3 Å². The lowest BCUT2D eigenvalue weighted by Gasteiger charge is -2.17. The molecule has 0 amide bonds. The van der Waals surface area contributed by atoms with Gasteiger partial charge in [-0.15, -0.1) is 24.5 Å². The van der Waals surface area contributed by atoms with E-state index < -0.39 is 17.2 Å². The van der Waals surface area contributed by atoms with Crippen molar-refractivity contribution in [2.75, 3.05) is 7.11 Å². The molecule has 1 aromatic rings.